The highest BCUT2D eigenvalue weighted by molar-refractivity contribution is 6.16. The Labute approximate surface area is 109 Å². The van der Waals surface area contributed by atoms with Gasteiger partial charge in [0.15, 0.2) is 5.65 Å². The van der Waals surface area contributed by atoms with Crippen LogP contribution in [0.1, 0.15) is 17.3 Å². The lowest BCUT2D eigenvalue weighted by molar-refractivity contribution is 0.491. The highest BCUT2D eigenvalue weighted by Gasteiger charge is 2.17. The van der Waals surface area contributed by atoms with E-state index in [9.17, 15) is 0 Å². The zero-order valence-electron chi connectivity index (χ0n) is 10.2. The summed E-state index contributed by atoms with van der Waals surface area (Å²) in [6.07, 6.45) is 1.67. The van der Waals surface area contributed by atoms with Crippen LogP contribution < -0.4 is 0 Å². The van der Waals surface area contributed by atoms with Crippen molar-refractivity contribution in [1.82, 2.24) is 19.3 Å². The fourth-order valence-electron chi connectivity index (χ4n) is 2.21. The topological polar surface area (TPSA) is 48.8 Å². The first kappa shape index (κ1) is 11.3. The van der Waals surface area contributed by atoms with E-state index >= 15 is 0 Å². The van der Waals surface area contributed by atoms with E-state index in [4.69, 9.17) is 16.0 Å². The van der Waals surface area contributed by atoms with Crippen molar-refractivity contribution in [3.05, 3.63) is 35.7 Å². The summed E-state index contributed by atoms with van der Waals surface area (Å²) in [5, 5.41) is 4.38. The molecule has 94 valence electrons. The Balaban J connectivity index is 2.18. The van der Waals surface area contributed by atoms with Gasteiger partial charge in [0.05, 0.1) is 24.4 Å². The average molecular weight is 265 g/mol. The average Bonchev–Trinajstić information content (AvgIpc) is 3.01. The van der Waals surface area contributed by atoms with Gasteiger partial charge in [0.2, 0.25) is 0 Å². The van der Waals surface area contributed by atoms with Gasteiger partial charge in [-0.2, -0.15) is 5.10 Å². The van der Waals surface area contributed by atoms with Gasteiger partial charge >= 0.3 is 0 Å². The summed E-state index contributed by atoms with van der Waals surface area (Å²) in [6, 6.07) is 3.81. The van der Waals surface area contributed by atoms with Gasteiger partial charge in [0, 0.05) is 7.05 Å². The van der Waals surface area contributed by atoms with Crippen LogP contribution in [0.15, 0.2) is 22.8 Å². The van der Waals surface area contributed by atoms with E-state index in [1.807, 2.05) is 35.4 Å². The molecule has 0 amide bonds. The molecule has 0 unspecified atom stereocenters. The first-order valence-electron chi connectivity index (χ1n) is 5.67. The molecule has 0 aliphatic carbocycles. The summed E-state index contributed by atoms with van der Waals surface area (Å²) in [5.41, 5.74) is 2.79. The molecule has 0 aromatic carbocycles. The molecule has 0 saturated heterocycles. The fourth-order valence-corrected chi connectivity index (χ4v) is 2.41. The van der Waals surface area contributed by atoms with Crippen molar-refractivity contribution in [2.45, 2.75) is 19.3 Å². The molecule has 0 bridgehead atoms. The number of hydrogen-bond donors (Lipinski definition) is 0. The standard InChI is InChI=1S/C12H13ClN4O/c1-8-11-12(16(2)15-8)17(10(6-13)14-11)7-9-4-3-5-18-9/h3-5H,6-7H2,1-2H3. The maximum atomic E-state index is 5.96. The molecule has 3 heterocycles. The van der Waals surface area contributed by atoms with E-state index in [0.29, 0.717) is 12.4 Å². The van der Waals surface area contributed by atoms with Gasteiger partial charge in [0.1, 0.15) is 17.1 Å². The van der Waals surface area contributed by atoms with Gasteiger partial charge in [-0.15, -0.1) is 11.6 Å². The van der Waals surface area contributed by atoms with Gasteiger partial charge in [-0.1, -0.05) is 0 Å². The number of nitrogens with zero attached hydrogens (tertiary/aromatic N) is 4. The number of fused-ring (bicyclic) bond motifs is 1. The minimum absolute atomic E-state index is 0.370. The van der Waals surface area contributed by atoms with Crippen molar-refractivity contribution in [1.29, 1.82) is 0 Å². The van der Waals surface area contributed by atoms with Gasteiger partial charge in [-0.3, -0.25) is 4.68 Å². The van der Waals surface area contributed by atoms with E-state index in [-0.39, 0.29) is 0 Å². The maximum Gasteiger partial charge on any atom is 0.159 e. The van der Waals surface area contributed by atoms with Gasteiger partial charge in [-0.25, -0.2) is 4.98 Å². The predicted octanol–water partition coefficient (Wildman–Crippen LogP) is 2.46. The molecule has 3 rings (SSSR count). The molecule has 6 heteroatoms. The molecular formula is C12H13ClN4O. The molecule has 0 atom stereocenters. The van der Waals surface area contributed by atoms with Gasteiger partial charge in [-0.05, 0) is 19.1 Å². The minimum Gasteiger partial charge on any atom is -0.467 e. The maximum absolute atomic E-state index is 5.96. The van der Waals surface area contributed by atoms with Crippen molar-refractivity contribution < 1.29 is 4.42 Å². The van der Waals surface area contributed by atoms with Crippen molar-refractivity contribution in [3.63, 3.8) is 0 Å². The Bertz CT molecular complexity index is 681. The number of aromatic nitrogens is 4. The van der Waals surface area contributed by atoms with Crippen LogP contribution in [-0.2, 0) is 19.5 Å². The Morgan fingerprint density at radius 1 is 1.44 bits per heavy atom. The monoisotopic (exact) mass is 264 g/mol. The molecule has 0 aliphatic rings. The van der Waals surface area contributed by atoms with Crippen LogP contribution in [0.3, 0.4) is 0 Å². The van der Waals surface area contributed by atoms with E-state index in [1.54, 1.807) is 6.26 Å². The van der Waals surface area contributed by atoms with Gasteiger partial charge in [0.25, 0.3) is 0 Å². The second-order valence-electron chi connectivity index (χ2n) is 4.21. The molecule has 0 N–H and O–H groups in total. The zero-order valence-corrected chi connectivity index (χ0v) is 11.0. The summed E-state index contributed by atoms with van der Waals surface area (Å²) < 4.78 is 9.25. The second-order valence-corrected chi connectivity index (χ2v) is 4.48. The molecule has 3 aromatic heterocycles. The SMILES string of the molecule is Cc1nn(C)c2c1nc(CCl)n2Cc1ccco1. The summed E-state index contributed by atoms with van der Waals surface area (Å²) in [6.45, 7) is 2.56. The van der Waals surface area contributed by atoms with Crippen LogP contribution in [0.2, 0.25) is 0 Å². The number of furan rings is 1. The third-order valence-electron chi connectivity index (χ3n) is 2.98. The number of rotatable bonds is 3. The number of alkyl halides is 1. The molecule has 5 nitrogen and oxygen atoms in total. The Morgan fingerprint density at radius 3 is 2.94 bits per heavy atom. The minimum atomic E-state index is 0.370. The Hall–Kier alpha value is -1.75. The van der Waals surface area contributed by atoms with Crippen LogP contribution in [0, 0.1) is 6.92 Å². The van der Waals surface area contributed by atoms with Crippen LogP contribution >= 0.6 is 11.6 Å². The molecule has 0 aliphatic heterocycles. The molecule has 0 radical (unpaired) electrons. The molecular weight excluding hydrogens is 252 g/mol. The number of aryl methyl sites for hydroxylation is 2. The Kier molecular flexibility index (Phi) is 2.63. The third-order valence-corrected chi connectivity index (χ3v) is 3.22. The van der Waals surface area contributed by atoms with Crippen LogP contribution in [0.4, 0.5) is 0 Å². The summed E-state index contributed by atoms with van der Waals surface area (Å²) in [5.74, 6) is 2.08. The van der Waals surface area contributed by atoms with Crippen molar-refractivity contribution in [2.75, 3.05) is 0 Å². The van der Waals surface area contributed by atoms with Crippen molar-refractivity contribution in [3.8, 4) is 0 Å². The van der Waals surface area contributed by atoms with E-state index in [0.717, 1.165) is 28.4 Å². The third kappa shape index (κ3) is 1.62. The molecule has 3 aromatic rings. The Morgan fingerprint density at radius 2 is 2.28 bits per heavy atom. The highest BCUT2D eigenvalue weighted by Crippen LogP contribution is 2.21. The lowest BCUT2D eigenvalue weighted by Crippen LogP contribution is -2.07. The predicted molar refractivity (Wildman–Crippen MR) is 68.6 cm³/mol. The highest BCUT2D eigenvalue weighted by atomic mass is 35.5. The number of halogens is 1. The van der Waals surface area contributed by atoms with Crippen molar-refractivity contribution in [2.24, 2.45) is 7.05 Å². The van der Waals surface area contributed by atoms with Crippen LogP contribution in [-0.4, -0.2) is 19.3 Å². The van der Waals surface area contributed by atoms with Gasteiger partial charge < -0.3 is 8.98 Å². The smallest absolute Gasteiger partial charge is 0.159 e. The lowest BCUT2D eigenvalue weighted by Gasteiger charge is -2.05. The first-order chi connectivity index (χ1) is 8.70. The van der Waals surface area contributed by atoms with E-state index < -0.39 is 0 Å². The summed E-state index contributed by atoms with van der Waals surface area (Å²) >= 11 is 5.96. The number of imidazole rings is 1. The quantitative estimate of drug-likeness (QED) is 0.683. The first-order valence-corrected chi connectivity index (χ1v) is 6.21. The molecule has 0 fully saturated rings. The molecule has 18 heavy (non-hydrogen) atoms. The largest absolute Gasteiger partial charge is 0.467 e. The molecule has 0 saturated carbocycles. The lowest BCUT2D eigenvalue weighted by atomic mass is 10.4. The normalized spacial score (nSPS) is 11.5. The zero-order chi connectivity index (χ0) is 12.7. The van der Waals surface area contributed by atoms with Crippen molar-refractivity contribution >= 4 is 22.8 Å². The van der Waals surface area contributed by atoms with Crippen LogP contribution in [0.25, 0.3) is 11.2 Å². The van der Waals surface area contributed by atoms with Crippen LogP contribution in [0.5, 0.6) is 0 Å². The second kappa shape index (κ2) is 4.17. The van der Waals surface area contributed by atoms with E-state index in [1.165, 1.54) is 0 Å². The summed E-state index contributed by atoms with van der Waals surface area (Å²) in [7, 11) is 1.91. The molecule has 0 spiro atoms. The summed E-state index contributed by atoms with van der Waals surface area (Å²) in [4.78, 5) is 4.54. The fraction of sp³-hybridized carbons (Fsp3) is 0.333. The van der Waals surface area contributed by atoms with E-state index in [2.05, 4.69) is 10.1 Å². The number of hydrogen-bond acceptors (Lipinski definition) is 3.